The molecule has 0 aliphatic heterocycles. The number of halogens is 2. The molecule has 1 heterocycles. The molecule has 1 unspecified atom stereocenters. The molecule has 0 radical (unpaired) electrons. The fraction of sp³-hybridized carbons (Fsp3) is 0.400. The molecule has 1 atom stereocenters. The van der Waals surface area contributed by atoms with Gasteiger partial charge in [0.25, 0.3) is 5.89 Å². The maximum atomic E-state index is 12.1. The second-order valence-corrected chi connectivity index (χ2v) is 7.12. The molecule has 1 saturated carbocycles. The summed E-state index contributed by atoms with van der Waals surface area (Å²) in [5.74, 6) is 1.27. The van der Waals surface area contributed by atoms with Gasteiger partial charge < -0.3 is 14.6 Å². The van der Waals surface area contributed by atoms with E-state index in [4.69, 9.17) is 32.5 Å². The first kappa shape index (κ1) is 16.1. The minimum absolute atomic E-state index is 0.151. The van der Waals surface area contributed by atoms with Gasteiger partial charge in [0.05, 0.1) is 19.1 Å². The molecular formula is C15H15Cl2N3O3. The second kappa shape index (κ2) is 5.69. The van der Waals surface area contributed by atoms with Gasteiger partial charge in [-0.25, -0.2) is 0 Å². The van der Waals surface area contributed by atoms with Gasteiger partial charge in [0, 0.05) is 5.56 Å². The Kier molecular flexibility index (Phi) is 3.98. The van der Waals surface area contributed by atoms with Crippen LogP contribution in [0.5, 0.6) is 5.75 Å². The van der Waals surface area contributed by atoms with E-state index in [9.17, 15) is 4.79 Å². The number of carbonyl (C=O) groups is 1. The van der Waals surface area contributed by atoms with Gasteiger partial charge in [-0.2, -0.15) is 4.98 Å². The van der Waals surface area contributed by atoms with Crippen LogP contribution in [-0.4, -0.2) is 27.5 Å². The number of benzene rings is 1. The van der Waals surface area contributed by atoms with Crippen LogP contribution in [0.15, 0.2) is 28.8 Å². The van der Waals surface area contributed by atoms with Gasteiger partial charge in [-0.05, 0) is 37.6 Å². The van der Waals surface area contributed by atoms with Crippen LogP contribution in [0.25, 0.3) is 11.5 Å². The molecule has 6 nitrogen and oxygen atoms in total. The van der Waals surface area contributed by atoms with E-state index in [-0.39, 0.29) is 12.5 Å². The SMILES string of the molecule is COc1ccc(-c2nc(CNC(=O)C3(C)CC3(Cl)Cl)no2)cc1. The lowest BCUT2D eigenvalue weighted by molar-refractivity contribution is -0.126. The predicted molar refractivity (Wildman–Crippen MR) is 85.3 cm³/mol. The van der Waals surface area contributed by atoms with E-state index in [1.165, 1.54) is 0 Å². The molecule has 1 aliphatic rings. The van der Waals surface area contributed by atoms with Gasteiger partial charge in [-0.1, -0.05) is 5.16 Å². The maximum Gasteiger partial charge on any atom is 0.257 e. The van der Waals surface area contributed by atoms with Crippen LogP contribution in [0.4, 0.5) is 0 Å². The lowest BCUT2D eigenvalue weighted by Crippen LogP contribution is -2.33. The molecule has 1 aromatic heterocycles. The normalized spacial score (nSPS) is 21.7. The smallest absolute Gasteiger partial charge is 0.257 e. The van der Waals surface area contributed by atoms with Crippen LogP contribution in [0.2, 0.25) is 0 Å². The van der Waals surface area contributed by atoms with Crippen LogP contribution in [0.1, 0.15) is 19.2 Å². The number of alkyl halides is 2. The summed E-state index contributed by atoms with van der Waals surface area (Å²) in [5.41, 5.74) is 0.00382. The highest BCUT2D eigenvalue weighted by molar-refractivity contribution is 6.53. The number of methoxy groups -OCH3 is 1. The number of nitrogens with one attached hydrogen (secondary N) is 1. The standard InChI is InChI=1S/C15H15Cl2N3O3/c1-14(8-15(14,16)17)13(21)18-7-11-19-12(23-20-11)9-3-5-10(22-2)6-4-9/h3-6H,7-8H2,1-2H3,(H,18,21). The van der Waals surface area contributed by atoms with Crippen molar-refractivity contribution in [2.45, 2.75) is 24.2 Å². The van der Waals surface area contributed by atoms with Gasteiger partial charge in [-0.3, -0.25) is 4.79 Å². The van der Waals surface area contributed by atoms with Gasteiger partial charge in [0.2, 0.25) is 5.91 Å². The first-order valence-corrected chi connectivity index (χ1v) is 7.74. The summed E-state index contributed by atoms with van der Waals surface area (Å²) in [6.45, 7) is 1.87. The molecule has 122 valence electrons. The minimum atomic E-state index is -0.997. The number of ether oxygens (including phenoxy) is 1. The van der Waals surface area contributed by atoms with Gasteiger partial charge >= 0.3 is 0 Å². The molecule has 1 aliphatic carbocycles. The Morgan fingerprint density at radius 1 is 1.39 bits per heavy atom. The lowest BCUT2D eigenvalue weighted by atomic mass is 10.1. The predicted octanol–water partition coefficient (Wildman–Crippen LogP) is 2.95. The van der Waals surface area contributed by atoms with Crippen molar-refractivity contribution in [1.82, 2.24) is 15.5 Å². The van der Waals surface area contributed by atoms with E-state index >= 15 is 0 Å². The van der Waals surface area contributed by atoms with E-state index in [1.807, 2.05) is 12.1 Å². The third-order valence-corrected chi connectivity index (χ3v) is 5.07. The van der Waals surface area contributed by atoms with Crippen molar-refractivity contribution in [1.29, 1.82) is 0 Å². The van der Waals surface area contributed by atoms with Gasteiger partial charge in [0.1, 0.15) is 10.1 Å². The number of hydrogen-bond donors (Lipinski definition) is 1. The zero-order chi connectivity index (χ0) is 16.7. The zero-order valence-electron chi connectivity index (χ0n) is 12.6. The monoisotopic (exact) mass is 355 g/mol. The Hall–Kier alpha value is -1.79. The number of amides is 1. The van der Waals surface area contributed by atoms with Crippen molar-refractivity contribution < 1.29 is 14.1 Å². The summed E-state index contributed by atoms with van der Waals surface area (Å²) >= 11 is 12.0. The van der Waals surface area contributed by atoms with E-state index in [0.29, 0.717) is 18.1 Å². The highest BCUT2D eigenvalue weighted by Gasteiger charge is 2.67. The number of hydrogen-bond acceptors (Lipinski definition) is 5. The maximum absolute atomic E-state index is 12.1. The Balaban J connectivity index is 1.62. The fourth-order valence-electron chi connectivity index (χ4n) is 2.18. The lowest BCUT2D eigenvalue weighted by Gasteiger charge is -2.10. The average molecular weight is 356 g/mol. The Morgan fingerprint density at radius 3 is 2.61 bits per heavy atom. The number of carbonyl (C=O) groups excluding carboxylic acids is 1. The summed E-state index contributed by atoms with van der Waals surface area (Å²) in [6, 6.07) is 7.23. The molecule has 0 saturated heterocycles. The molecule has 1 amide bonds. The van der Waals surface area contributed by atoms with Crippen LogP contribution in [-0.2, 0) is 11.3 Å². The molecule has 0 spiro atoms. The largest absolute Gasteiger partial charge is 0.497 e. The fourth-order valence-corrected chi connectivity index (χ4v) is 2.88. The van der Waals surface area contributed by atoms with Crippen LogP contribution in [0, 0.1) is 5.41 Å². The highest BCUT2D eigenvalue weighted by Crippen LogP contribution is 2.63. The van der Waals surface area contributed by atoms with Gasteiger partial charge in [0.15, 0.2) is 5.82 Å². The van der Waals surface area contributed by atoms with Crippen molar-refractivity contribution >= 4 is 29.1 Å². The number of aromatic nitrogens is 2. The van der Waals surface area contributed by atoms with E-state index < -0.39 is 9.75 Å². The van der Waals surface area contributed by atoms with Crippen LogP contribution in [0.3, 0.4) is 0 Å². The molecule has 8 heteroatoms. The van der Waals surface area contributed by atoms with Crippen molar-refractivity contribution in [2.24, 2.45) is 5.41 Å². The number of rotatable bonds is 5. The Bertz CT molecular complexity index is 730. The van der Waals surface area contributed by atoms with Crippen LogP contribution < -0.4 is 10.1 Å². The van der Waals surface area contributed by atoms with E-state index in [1.54, 1.807) is 26.2 Å². The molecule has 1 N–H and O–H groups in total. The average Bonchev–Trinajstić information content (AvgIpc) is 2.91. The quantitative estimate of drug-likeness (QED) is 0.834. The highest BCUT2D eigenvalue weighted by atomic mass is 35.5. The minimum Gasteiger partial charge on any atom is -0.497 e. The summed E-state index contributed by atoms with van der Waals surface area (Å²) in [6.07, 6.45) is 0.429. The topological polar surface area (TPSA) is 77.2 Å². The van der Waals surface area contributed by atoms with E-state index in [2.05, 4.69) is 15.5 Å². The summed E-state index contributed by atoms with van der Waals surface area (Å²) in [7, 11) is 1.60. The molecule has 1 fully saturated rings. The molecule has 3 rings (SSSR count). The van der Waals surface area contributed by atoms with Crippen LogP contribution >= 0.6 is 23.2 Å². The molecule has 23 heavy (non-hydrogen) atoms. The van der Waals surface area contributed by atoms with Crippen molar-refractivity contribution in [3.05, 3.63) is 30.1 Å². The third-order valence-electron chi connectivity index (χ3n) is 3.97. The molecular weight excluding hydrogens is 341 g/mol. The zero-order valence-corrected chi connectivity index (χ0v) is 14.1. The van der Waals surface area contributed by atoms with Gasteiger partial charge in [-0.15, -0.1) is 23.2 Å². The summed E-state index contributed by atoms with van der Waals surface area (Å²) in [4.78, 5) is 16.3. The summed E-state index contributed by atoms with van der Waals surface area (Å²) in [5, 5.41) is 6.58. The third kappa shape index (κ3) is 3.01. The Labute approximate surface area is 143 Å². The molecule has 1 aromatic carbocycles. The second-order valence-electron chi connectivity index (χ2n) is 5.64. The first-order valence-electron chi connectivity index (χ1n) is 6.99. The molecule has 0 bridgehead atoms. The van der Waals surface area contributed by atoms with Crippen molar-refractivity contribution in [3.63, 3.8) is 0 Å². The van der Waals surface area contributed by atoms with Crippen molar-refractivity contribution in [3.8, 4) is 17.2 Å². The summed E-state index contributed by atoms with van der Waals surface area (Å²) < 4.78 is 9.29. The first-order chi connectivity index (χ1) is 10.9. The van der Waals surface area contributed by atoms with E-state index in [0.717, 1.165) is 11.3 Å². The number of nitrogens with zero attached hydrogens (tertiary/aromatic N) is 2. The van der Waals surface area contributed by atoms with Crippen molar-refractivity contribution in [2.75, 3.05) is 7.11 Å². The Morgan fingerprint density at radius 2 is 2.04 bits per heavy atom. The molecule has 2 aromatic rings.